The first kappa shape index (κ1) is 20.9. The van der Waals surface area contributed by atoms with Gasteiger partial charge in [0.2, 0.25) is 0 Å². The Morgan fingerprint density at radius 3 is 2.74 bits per heavy atom. The van der Waals surface area contributed by atoms with Crippen LogP contribution in [0.15, 0.2) is 47.1 Å². The number of nitrogens with zero attached hydrogens (tertiary/aromatic N) is 3. The van der Waals surface area contributed by atoms with Gasteiger partial charge in [-0.15, -0.1) is 0 Å². The number of fused-ring (bicyclic) bond motifs is 1. The van der Waals surface area contributed by atoms with Crippen molar-refractivity contribution in [2.24, 2.45) is 5.41 Å². The molecule has 31 heavy (non-hydrogen) atoms. The number of anilines is 1. The first-order valence-electron chi connectivity index (χ1n) is 9.76. The van der Waals surface area contributed by atoms with Crippen molar-refractivity contribution in [3.8, 4) is 23.0 Å². The average Bonchev–Trinajstić information content (AvgIpc) is 3.36. The largest absolute Gasteiger partial charge is 0.481 e. The second-order valence-corrected chi connectivity index (χ2v) is 8.80. The maximum atomic E-state index is 11.4. The number of benzene rings is 1. The highest BCUT2D eigenvalue weighted by molar-refractivity contribution is 6.31. The van der Waals surface area contributed by atoms with Crippen molar-refractivity contribution < 1.29 is 14.3 Å². The van der Waals surface area contributed by atoms with Crippen LogP contribution in [0.1, 0.15) is 27.2 Å². The van der Waals surface area contributed by atoms with E-state index in [1.54, 1.807) is 36.6 Å². The van der Waals surface area contributed by atoms with Gasteiger partial charge < -0.3 is 14.8 Å². The number of carbonyl (C=O) groups is 1. The van der Waals surface area contributed by atoms with Gasteiger partial charge in [0.25, 0.3) is 0 Å². The van der Waals surface area contributed by atoms with Crippen molar-refractivity contribution in [2.75, 3.05) is 5.32 Å². The van der Waals surface area contributed by atoms with Gasteiger partial charge >= 0.3 is 5.97 Å². The van der Waals surface area contributed by atoms with E-state index in [1.165, 1.54) is 0 Å². The van der Waals surface area contributed by atoms with E-state index in [4.69, 9.17) is 16.0 Å². The minimum Gasteiger partial charge on any atom is -0.481 e. The Morgan fingerprint density at radius 1 is 1.26 bits per heavy atom. The molecule has 0 saturated carbocycles. The zero-order valence-electron chi connectivity index (χ0n) is 17.3. The molecule has 4 rings (SSSR count). The molecular formula is C22H22ClN5O3. The molecule has 3 heterocycles. The Kier molecular flexibility index (Phi) is 5.41. The first-order valence-corrected chi connectivity index (χ1v) is 10.1. The summed E-state index contributed by atoms with van der Waals surface area (Å²) in [4.78, 5) is 20.7. The van der Waals surface area contributed by atoms with Gasteiger partial charge in [-0.25, -0.2) is 9.97 Å². The maximum Gasteiger partial charge on any atom is 0.305 e. The van der Waals surface area contributed by atoms with Gasteiger partial charge in [0.1, 0.15) is 17.2 Å². The van der Waals surface area contributed by atoms with E-state index in [1.807, 2.05) is 26.8 Å². The van der Waals surface area contributed by atoms with Crippen molar-refractivity contribution >= 4 is 34.3 Å². The van der Waals surface area contributed by atoms with Crippen LogP contribution in [0.2, 0.25) is 5.02 Å². The molecule has 4 aromatic rings. The molecule has 9 heteroatoms. The summed E-state index contributed by atoms with van der Waals surface area (Å²) in [7, 11) is 0. The lowest BCUT2D eigenvalue weighted by molar-refractivity contribution is -0.137. The Bertz CT molecular complexity index is 1230. The summed E-state index contributed by atoms with van der Waals surface area (Å²) in [6.45, 7) is 5.94. The van der Waals surface area contributed by atoms with Gasteiger partial charge in [-0.05, 0) is 35.7 Å². The molecule has 0 unspecified atom stereocenters. The van der Waals surface area contributed by atoms with Gasteiger partial charge in [-0.3, -0.25) is 9.89 Å². The summed E-state index contributed by atoms with van der Waals surface area (Å²) in [6.07, 6.45) is 1.51. The molecule has 0 aliphatic carbocycles. The Labute approximate surface area is 183 Å². The SMILES string of the molecule is CC(C)(C)[C@@H](CC(=O)O)Nc1cc(-c2ccco2)nc(-c2n[nH]c3ccc(Cl)cc23)n1. The summed E-state index contributed by atoms with van der Waals surface area (Å²) in [6, 6.07) is 10.4. The van der Waals surface area contributed by atoms with Crippen LogP contribution in [0.3, 0.4) is 0 Å². The van der Waals surface area contributed by atoms with Crippen molar-refractivity contribution in [3.63, 3.8) is 0 Å². The van der Waals surface area contributed by atoms with E-state index in [9.17, 15) is 9.90 Å². The van der Waals surface area contributed by atoms with Crippen LogP contribution in [-0.4, -0.2) is 37.3 Å². The fourth-order valence-corrected chi connectivity index (χ4v) is 3.43. The fraction of sp³-hybridized carbons (Fsp3) is 0.273. The van der Waals surface area contributed by atoms with E-state index in [0.717, 1.165) is 10.9 Å². The van der Waals surface area contributed by atoms with Crippen LogP contribution in [-0.2, 0) is 4.79 Å². The van der Waals surface area contributed by atoms with Crippen LogP contribution in [0.25, 0.3) is 33.9 Å². The summed E-state index contributed by atoms with van der Waals surface area (Å²) >= 11 is 6.18. The standard InChI is InChI=1S/C22H22ClN5O3/c1-22(2,3)17(11-19(29)30)25-18-10-15(16-5-4-8-31-16)24-21(26-18)20-13-9-12(23)6-7-14(13)27-28-20/h4-10,17H,11H2,1-3H3,(H,27,28)(H,29,30)(H,24,25,26)/t17-/m1/s1. The normalized spacial score (nSPS) is 12.8. The Balaban J connectivity index is 1.83. The van der Waals surface area contributed by atoms with Crippen LogP contribution < -0.4 is 5.32 Å². The summed E-state index contributed by atoms with van der Waals surface area (Å²) in [5.74, 6) is 0.527. The highest BCUT2D eigenvalue weighted by Gasteiger charge is 2.28. The number of aromatic nitrogens is 4. The maximum absolute atomic E-state index is 11.4. The highest BCUT2D eigenvalue weighted by Crippen LogP contribution is 2.31. The molecule has 3 aromatic heterocycles. The summed E-state index contributed by atoms with van der Waals surface area (Å²) < 4.78 is 5.53. The number of rotatable bonds is 6. The summed E-state index contributed by atoms with van der Waals surface area (Å²) in [5, 5.41) is 21.4. The number of aliphatic carboxylic acids is 1. The molecule has 0 radical (unpaired) electrons. The van der Waals surface area contributed by atoms with Crippen molar-refractivity contribution in [2.45, 2.75) is 33.2 Å². The molecule has 0 spiro atoms. The van der Waals surface area contributed by atoms with Crippen LogP contribution in [0.5, 0.6) is 0 Å². The molecule has 160 valence electrons. The zero-order chi connectivity index (χ0) is 22.2. The van der Waals surface area contributed by atoms with Crippen LogP contribution in [0.4, 0.5) is 5.82 Å². The minimum absolute atomic E-state index is 0.0557. The highest BCUT2D eigenvalue weighted by atomic mass is 35.5. The molecule has 1 aromatic carbocycles. The number of carboxylic acid groups (broad SMARTS) is 1. The minimum atomic E-state index is -0.888. The summed E-state index contributed by atoms with van der Waals surface area (Å²) in [5.41, 5.74) is 1.58. The number of nitrogens with one attached hydrogen (secondary N) is 2. The smallest absolute Gasteiger partial charge is 0.305 e. The van der Waals surface area contributed by atoms with E-state index in [-0.39, 0.29) is 17.9 Å². The van der Waals surface area contributed by atoms with E-state index < -0.39 is 5.97 Å². The first-order chi connectivity index (χ1) is 14.7. The van der Waals surface area contributed by atoms with E-state index in [2.05, 4.69) is 25.5 Å². The molecule has 0 amide bonds. The number of hydrogen-bond acceptors (Lipinski definition) is 6. The van der Waals surface area contributed by atoms with E-state index >= 15 is 0 Å². The van der Waals surface area contributed by atoms with Gasteiger partial charge in [-0.2, -0.15) is 5.10 Å². The van der Waals surface area contributed by atoms with Crippen LogP contribution in [0, 0.1) is 5.41 Å². The second-order valence-electron chi connectivity index (χ2n) is 8.36. The van der Waals surface area contributed by atoms with Crippen molar-refractivity contribution in [1.82, 2.24) is 20.2 Å². The van der Waals surface area contributed by atoms with Gasteiger partial charge in [-0.1, -0.05) is 32.4 Å². The Morgan fingerprint density at radius 2 is 2.06 bits per heavy atom. The third-order valence-electron chi connectivity index (χ3n) is 4.98. The lowest BCUT2D eigenvalue weighted by Crippen LogP contribution is -2.36. The predicted molar refractivity (Wildman–Crippen MR) is 119 cm³/mol. The van der Waals surface area contributed by atoms with Crippen molar-refractivity contribution in [1.29, 1.82) is 0 Å². The molecule has 0 bridgehead atoms. The topological polar surface area (TPSA) is 117 Å². The fourth-order valence-electron chi connectivity index (χ4n) is 3.26. The van der Waals surface area contributed by atoms with Gasteiger partial charge in [0, 0.05) is 22.5 Å². The average molecular weight is 440 g/mol. The monoisotopic (exact) mass is 439 g/mol. The molecule has 0 aliphatic heterocycles. The molecule has 0 saturated heterocycles. The number of furan rings is 1. The third kappa shape index (κ3) is 4.54. The molecule has 0 fully saturated rings. The second kappa shape index (κ2) is 8.03. The number of hydrogen-bond donors (Lipinski definition) is 3. The van der Waals surface area contributed by atoms with Gasteiger partial charge in [0.15, 0.2) is 11.6 Å². The number of halogens is 1. The van der Waals surface area contributed by atoms with Gasteiger partial charge in [0.05, 0.1) is 18.2 Å². The predicted octanol–water partition coefficient (Wildman–Crippen LogP) is 5.23. The zero-order valence-corrected chi connectivity index (χ0v) is 18.1. The van der Waals surface area contributed by atoms with Crippen LogP contribution >= 0.6 is 11.6 Å². The number of aromatic amines is 1. The quantitative estimate of drug-likeness (QED) is 0.376. The molecule has 0 aliphatic rings. The number of carboxylic acids is 1. The molecule has 3 N–H and O–H groups in total. The molecular weight excluding hydrogens is 418 g/mol. The lowest BCUT2D eigenvalue weighted by Gasteiger charge is -2.31. The lowest BCUT2D eigenvalue weighted by atomic mass is 9.85. The van der Waals surface area contributed by atoms with E-state index in [0.29, 0.717) is 33.8 Å². The number of H-pyrrole nitrogens is 1. The molecule has 8 nitrogen and oxygen atoms in total. The third-order valence-corrected chi connectivity index (χ3v) is 5.22. The molecule has 1 atom stereocenters. The Hall–Kier alpha value is -3.39. The van der Waals surface area contributed by atoms with Crippen molar-refractivity contribution in [3.05, 3.63) is 47.7 Å².